The van der Waals surface area contributed by atoms with Crippen molar-refractivity contribution in [2.24, 2.45) is 0 Å². The van der Waals surface area contributed by atoms with E-state index in [4.69, 9.17) is 16.3 Å². The van der Waals surface area contributed by atoms with Crippen LogP contribution in [0.3, 0.4) is 0 Å². The number of nitrogens with one attached hydrogen (secondary N) is 1. The summed E-state index contributed by atoms with van der Waals surface area (Å²) in [5.41, 5.74) is 0.0561. The van der Waals surface area contributed by atoms with Crippen LogP contribution in [0.15, 0.2) is 42.5 Å². The average Bonchev–Trinajstić information content (AvgIpc) is 2.72. The molecule has 0 aliphatic carbocycles. The van der Waals surface area contributed by atoms with E-state index in [1.165, 1.54) is 41.3 Å². The van der Waals surface area contributed by atoms with Gasteiger partial charge in [0.15, 0.2) is 0 Å². The van der Waals surface area contributed by atoms with Crippen LogP contribution in [0, 0.1) is 0 Å². The highest BCUT2D eigenvalue weighted by molar-refractivity contribution is 6.33. The Kier molecular flexibility index (Phi) is 8.33. The molecule has 1 saturated heterocycles. The van der Waals surface area contributed by atoms with E-state index in [9.17, 15) is 28.2 Å². The quantitative estimate of drug-likeness (QED) is 0.480. The van der Waals surface area contributed by atoms with E-state index >= 15 is 0 Å². The lowest BCUT2D eigenvalue weighted by molar-refractivity contribution is -0.274. The summed E-state index contributed by atoms with van der Waals surface area (Å²) in [4.78, 5) is 14.5. The van der Waals surface area contributed by atoms with E-state index in [-0.39, 0.29) is 29.1 Å². The third-order valence-corrected chi connectivity index (χ3v) is 5.61. The molecule has 192 valence electrons. The molecule has 0 aromatic heterocycles. The van der Waals surface area contributed by atoms with Gasteiger partial charge < -0.3 is 25.0 Å². The van der Waals surface area contributed by atoms with Crippen molar-refractivity contribution in [3.05, 3.63) is 47.5 Å². The summed E-state index contributed by atoms with van der Waals surface area (Å²) >= 11 is 6.35. The van der Waals surface area contributed by atoms with Crippen molar-refractivity contribution < 1.29 is 37.7 Å². The van der Waals surface area contributed by atoms with Gasteiger partial charge in [-0.1, -0.05) is 35.9 Å². The Morgan fingerprint density at radius 3 is 2.49 bits per heavy atom. The van der Waals surface area contributed by atoms with Gasteiger partial charge in [-0.3, -0.25) is 4.79 Å². The number of aliphatic hydroxyl groups excluding tert-OH is 2. The first-order valence-electron chi connectivity index (χ1n) is 11.0. The highest BCUT2D eigenvalue weighted by Gasteiger charge is 2.38. The van der Waals surface area contributed by atoms with Gasteiger partial charge in [-0.05, 0) is 51.8 Å². The number of hydrogen-bond acceptors (Lipinski definition) is 6. The molecule has 7 nitrogen and oxygen atoms in total. The number of para-hydroxylation sites is 1. The fraction of sp³-hybridized carbons (Fsp3) is 0.458. The number of anilines is 1. The van der Waals surface area contributed by atoms with Crippen LogP contribution in [-0.2, 0) is 9.53 Å². The van der Waals surface area contributed by atoms with Crippen LogP contribution in [0.5, 0.6) is 5.75 Å². The van der Waals surface area contributed by atoms with Crippen molar-refractivity contribution >= 4 is 23.2 Å². The lowest BCUT2D eigenvalue weighted by Gasteiger charge is -2.41. The third-order valence-electron chi connectivity index (χ3n) is 5.30. The second kappa shape index (κ2) is 10.7. The Morgan fingerprint density at radius 2 is 1.86 bits per heavy atom. The normalized spacial score (nSPS) is 20.4. The first-order valence-corrected chi connectivity index (χ1v) is 11.4. The molecule has 1 unspecified atom stereocenters. The molecular weight excluding hydrogens is 489 g/mol. The van der Waals surface area contributed by atoms with Crippen LogP contribution in [0.25, 0.3) is 11.1 Å². The number of halogens is 4. The molecule has 1 aliphatic rings. The Hall–Kier alpha value is -2.37. The molecule has 2 aromatic rings. The predicted octanol–water partition coefficient (Wildman–Crippen LogP) is 4.76. The minimum Gasteiger partial charge on any atom is -0.405 e. The SMILES string of the molecule is CC(C)(C)OC(O)N1CC[C@@H](O)C[C@@H]1C(=O)Nc1ccc(-c2ccccc2OC(F)(F)F)c(Cl)c1. The molecule has 1 amide bonds. The van der Waals surface area contributed by atoms with Crippen molar-refractivity contribution in [1.29, 1.82) is 0 Å². The molecule has 2 aromatic carbocycles. The molecule has 3 N–H and O–H groups in total. The summed E-state index contributed by atoms with van der Waals surface area (Å²) in [5, 5.41) is 23.4. The number of nitrogens with zero attached hydrogens (tertiary/aromatic N) is 1. The van der Waals surface area contributed by atoms with Crippen LogP contribution < -0.4 is 10.1 Å². The van der Waals surface area contributed by atoms with E-state index in [0.717, 1.165) is 0 Å². The van der Waals surface area contributed by atoms with Gasteiger partial charge in [0.05, 0.1) is 22.8 Å². The van der Waals surface area contributed by atoms with Gasteiger partial charge in [-0.15, -0.1) is 13.2 Å². The predicted molar refractivity (Wildman–Crippen MR) is 125 cm³/mol. The molecule has 35 heavy (non-hydrogen) atoms. The zero-order valence-electron chi connectivity index (χ0n) is 19.5. The van der Waals surface area contributed by atoms with E-state index < -0.39 is 42.2 Å². The average molecular weight is 517 g/mol. The molecule has 1 aliphatic heterocycles. The molecule has 3 rings (SSSR count). The second-order valence-electron chi connectivity index (χ2n) is 9.22. The third kappa shape index (κ3) is 7.55. The van der Waals surface area contributed by atoms with Crippen LogP contribution >= 0.6 is 11.6 Å². The summed E-state index contributed by atoms with van der Waals surface area (Å²) < 4.78 is 48.0. The maximum Gasteiger partial charge on any atom is 0.573 e. The standard InChI is InChI=1S/C24H28ClF3N2O5/c1-23(2,3)35-22(33)30-11-10-15(31)13-19(30)21(32)29-14-8-9-16(18(25)12-14)17-6-4-5-7-20(17)34-24(26,27)28/h4-9,12,15,19,22,31,33H,10-11,13H2,1-3H3,(H,29,32)/t15-,19-,22?/m1/s1. The number of aliphatic hydroxyl groups is 2. The number of carbonyl (C=O) groups is 1. The van der Waals surface area contributed by atoms with Crippen molar-refractivity contribution in [3.8, 4) is 16.9 Å². The van der Waals surface area contributed by atoms with Crippen molar-refractivity contribution in [1.82, 2.24) is 4.90 Å². The summed E-state index contributed by atoms with van der Waals surface area (Å²) in [6, 6.07) is 9.09. The number of likely N-dealkylation sites (tertiary alicyclic amines) is 1. The number of ether oxygens (including phenoxy) is 2. The Labute approximate surface area is 206 Å². The largest absolute Gasteiger partial charge is 0.573 e. The van der Waals surface area contributed by atoms with Crippen molar-refractivity contribution in [2.45, 2.75) is 64.1 Å². The molecule has 0 bridgehead atoms. The Balaban J connectivity index is 1.80. The number of carbonyl (C=O) groups excluding carboxylic acids is 1. The fourth-order valence-electron chi connectivity index (χ4n) is 3.81. The zero-order chi connectivity index (χ0) is 26.0. The summed E-state index contributed by atoms with van der Waals surface area (Å²) in [6.45, 7) is 5.55. The van der Waals surface area contributed by atoms with E-state index in [0.29, 0.717) is 12.1 Å². The minimum atomic E-state index is -4.87. The molecule has 1 fully saturated rings. The van der Waals surface area contributed by atoms with Gasteiger partial charge in [-0.2, -0.15) is 0 Å². The molecular formula is C24H28ClF3N2O5. The molecule has 0 saturated carbocycles. The number of hydrogen-bond donors (Lipinski definition) is 3. The summed E-state index contributed by atoms with van der Waals surface area (Å²) in [7, 11) is 0. The topological polar surface area (TPSA) is 91.3 Å². The summed E-state index contributed by atoms with van der Waals surface area (Å²) in [5.74, 6) is -0.900. The molecule has 0 spiro atoms. The molecule has 1 heterocycles. The lowest BCUT2D eigenvalue weighted by Crippen LogP contribution is -2.56. The first-order chi connectivity index (χ1) is 16.2. The zero-order valence-corrected chi connectivity index (χ0v) is 20.2. The van der Waals surface area contributed by atoms with Gasteiger partial charge in [0.1, 0.15) is 5.75 Å². The second-order valence-corrected chi connectivity index (χ2v) is 9.62. The monoisotopic (exact) mass is 516 g/mol. The highest BCUT2D eigenvalue weighted by atomic mass is 35.5. The van der Waals surface area contributed by atoms with Crippen molar-refractivity contribution in [2.75, 3.05) is 11.9 Å². The molecule has 11 heteroatoms. The summed E-state index contributed by atoms with van der Waals surface area (Å²) in [6.07, 6.45) is -6.48. The van der Waals surface area contributed by atoms with Gasteiger partial charge in [0.25, 0.3) is 0 Å². The van der Waals surface area contributed by atoms with Crippen LogP contribution in [0.1, 0.15) is 33.6 Å². The number of alkyl halides is 3. The Bertz CT molecular complexity index is 1040. The smallest absolute Gasteiger partial charge is 0.405 e. The number of amides is 1. The van der Waals surface area contributed by atoms with Crippen LogP contribution in [0.2, 0.25) is 5.02 Å². The number of benzene rings is 2. The van der Waals surface area contributed by atoms with Gasteiger partial charge in [0, 0.05) is 23.4 Å². The first kappa shape index (κ1) is 27.2. The van der Waals surface area contributed by atoms with E-state index in [1.807, 2.05) is 0 Å². The minimum absolute atomic E-state index is 0.0877. The van der Waals surface area contributed by atoms with E-state index in [2.05, 4.69) is 10.1 Å². The highest BCUT2D eigenvalue weighted by Crippen LogP contribution is 2.38. The van der Waals surface area contributed by atoms with Crippen LogP contribution in [-0.4, -0.2) is 58.1 Å². The van der Waals surface area contributed by atoms with Crippen molar-refractivity contribution in [3.63, 3.8) is 0 Å². The molecule has 0 radical (unpaired) electrons. The fourth-order valence-corrected chi connectivity index (χ4v) is 4.09. The lowest BCUT2D eigenvalue weighted by atomic mass is 9.98. The number of piperidine rings is 1. The molecule has 3 atom stereocenters. The van der Waals surface area contributed by atoms with Gasteiger partial charge in [0.2, 0.25) is 12.3 Å². The van der Waals surface area contributed by atoms with Gasteiger partial charge in [-0.25, -0.2) is 4.90 Å². The van der Waals surface area contributed by atoms with Crippen LogP contribution in [0.4, 0.5) is 18.9 Å². The number of rotatable bonds is 6. The maximum absolute atomic E-state index is 13.1. The van der Waals surface area contributed by atoms with E-state index in [1.54, 1.807) is 26.8 Å². The van der Waals surface area contributed by atoms with Gasteiger partial charge >= 0.3 is 6.36 Å². The maximum atomic E-state index is 13.1. The Morgan fingerprint density at radius 1 is 1.17 bits per heavy atom.